The molecule has 0 bridgehead atoms. The number of carbonyl (C=O) groups is 1. The fourth-order valence-electron chi connectivity index (χ4n) is 2.42. The molecular weight excluding hydrogens is 220 g/mol. The number of piperidine rings is 1. The van der Waals surface area contributed by atoms with E-state index in [4.69, 9.17) is 15.9 Å². The van der Waals surface area contributed by atoms with Gasteiger partial charge in [0.2, 0.25) is 0 Å². The average molecular weight is 240 g/mol. The van der Waals surface area contributed by atoms with Gasteiger partial charge in [0.1, 0.15) is 5.84 Å². The Morgan fingerprint density at radius 1 is 1.24 bits per heavy atom. The molecule has 2 saturated heterocycles. The molecule has 2 rings (SSSR count). The van der Waals surface area contributed by atoms with Crippen LogP contribution in [0.1, 0.15) is 19.3 Å². The molecule has 0 aromatic heterocycles. The van der Waals surface area contributed by atoms with E-state index < -0.39 is 0 Å². The van der Waals surface area contributed by atoms with Crippen LogP contribution in [0.4, 0.5) is 4.79 Å². The maximum atomic E-state index is 12.3. The van der Waals surface area contributed by atoms with Crippen LogP contribution in [0.5, 0.6) is 0 Å². The van der Waals surface area contributed by atoms with Gasteiger partial charge in [0, 0.05) is 19.6 Å². The highest BCUT2D eigenvalue weighted by molar-refractivity contribution is 5.88. The zero-order valence-electron chi connectivity index (χ0n) is 10.0. The van der Waals surface area contributed by atoms with Gasteiger partial charge in [0.15, 0.2) is 0 Å². The number of morpholine rings is 1. The Kier molecular flexibility index (Phi) is 3.83. The Bertz CT molecular complexity index is 302. The molecule has 2 amide bonds. The summed E-state index contributed by atoms with van der Waals surface area (Å²) in [6.45, 7) is 3.19. The van der Waals surface area contributed by atoms with Gasteiger partial charge in [0.25, 0.3) is 0 Å². The minimum Gasteiger partial charge on any atom is -0.386 e. The van der Waals surface area contributed by atoms with Crippen molar-refractivity contribution in [1.29, 1.82) is 5.41 Å². The first kappa shape index (κ1) is 12.2. The Morgan fingerprint density at radius 2 is 1.94 bits per heavy atom. The first-order chi connectivity index (χ1) is 8.20. The molecule has 6 nitrogen and oxygen atoms in total. The van der Waals surface area contributed by atoms with Gasteiger partial charge in [-0.3, -0.25) is 5.41 Å². The van der Waals surface area contributed by atoms with E-state index in [0.717, 1.165) is 19.3 Å². The van der Waals surface area contributed by atoms with Crippen LogP contribution in [-0.2, 0) is 4.74 Å². The van der Waals surface area contributed by atoms with Gasteiger partial charge >= 0.3 is 6.03 Å². The first-order valence-corrected chi connectivity index (χ1v) is 6.17. The van der Waals surface area contributed by atoms with Crippen molar-refractivity contribution in [3.8, 4) is 0 Å². The summed E-state index contributed by atoms with van der Waals surface area (Å²) < 4.78 is 5.23. The number of nitrogens with one attached hydrogen (secondary N) is 1. The van der Waals surface area contributed by atoms with Crippen molar-refractivity contribution in [1.82, 2.24) is 9.80 Å². The van der Waals surface area contributed by atoms with Gasteiger partial charge < -0.3 is 20.3 Å². The fourth-order valence-corrected chi connectivity index (χ4v) is 2.42. The quantitative estimate of drug-likeness (QED) is 0.508. The number of likely N-dealkylation sites (tertiary alicyclic amines) is 1. The third-order valence-corrected chi connectivity index (χ3v) is 3.39. The number of nitrogens with zero attached hydrogens (tertiary/aromatic N) is 2. The number of nitrogens with two attached hydrogens (primary N) is 1. The molecule has 1 atom stereocenters. The largest absolute Gasteiger partial charge is 0.386 e. The van der Waals surface area contributed by atoms with Gasteiger partial charge in [-0.1, -0.05) is 0 Å². The van der Waals surface area contributed by atoms with E-state index in [9.17, 15) is 4.79 Å². The van der Waals surface area contributed by atoms with Gasteiger partial charge in [0.05, 0.1) is 19.3 Å². The summed E-state index contributed by atoms with van der Waals surface area (Å²) in [6.07, 6.45) is 2.85. The highest BCUT2D eigenvalue weighted by Gasteiger charge is 2.32. The smallest absolute Gasteiger partial charge is 0.320 e. The molecule has 0 radical (unpaired) electrons. The predicted octanol–water partition coefficient (Wildman–Crippen LogP) is 0.229. The van der Waals surface area contributed by atoms with E-state index in [1.165, 1.54) is 0 Å². The minimum atomic E-state index is -0.209. The van der Waals surface area contributed by atoms with Crippen LogP contribution >= 0.6 is 0 Å². The zero-order valence-corrected chi connectivity index (χ0v) is 10.0. The Labute approximate surface area is 101 Å². The van der Waals surface area contributed by atoms with Crippen LogP contribution in [0.15, 0.2) is 0 Å². The van der Waals surface area contributed by atoms with E-state index in [0.29, 0.717) is 32.8 Å². The molecule has 0 aliphatic carbocycles. The number of amides is 2. The summed E-state index contributed by atoms with van der Waals surface area (Å²) in [6, 6.07) is -0.202. The molecule has 96 valence electrons. The average Bonchev–Trinajstić information content (AvgIpc) is 2.39. The lowest BCUT2D eigenvalue weighted by atomic mass is 10.0. The van der Waals surface area contributed by atoms with E-state index in [1.54, 1.807) is 9.80 Å². The third kappa shape index (κ3) is 2.69. The second-order valence-corrected chi connectivity index (χ2v) is 4.54. The van der Waals surface area contributed by atoms with Crippen molar-refractivity contribution in [3.05, 3.63) is 0 Å². The number of hydrogen-bond acceptors (Lipinski definition) is 3. The molecule has 2 fully saturated rings. The number of urea groups is 1. The van der Waals surface area contributed by atoms with Gasteiger partial charge in [-0.2, -0.15) is 0 Å². The highest BCUT2D eigenvalue weighted by atomic mass is 16.5. The van der Waals surface area contributed by atoms with Gasteiger partial charge in [-0.15, -0.1) is 0 Å². The van der Waals surface area contributed by atoms with Crippen molar-refractivity contribution in [3.63, 3.8) is 0 Å². The molecule has 2 heterocycles. The maximum Gasteiger partial charge on any atom is 0.320 e. The van der Waals surface area contributed by atoms with Crippen molar-refractivity contribution in [2.75, 3.05) is 32.8 Å². The number of hydrogen-bond donors (Lipinski definition) is 2. The van der Waals surface area contributed by atoms with E-state index in [1.807, 2.05) is 0 Å². The van der Waals surface area contributed by atoms with Gasteiger partial charge in [-0.05, 0) is 19.3 Å². The maximum absolute atomic E-state index is 12.3. The van der Waals surface area contributed by atoms with Crippen molar-refractivity contribution in [2.45, 2.75) is 25.3 Å². The van der Waals surface area contributed by atoms with Crippen LogP contribution in [-0.4, -0.2) is 60.6 Å². The molecule has 0 aromatic carbocycles. The molecule has 1 unspecified atom stereocenters. The molecule has 3 N–H and O–H groups in total. The summed E-state index contributed by atoms with van der Waals surface area (Å²) in [5.74, 6) is 0.103. The summed E-state index contributed by atoms with van der Waals surface area (Å²) in [7, 11) is 0. The molecule has 17 heavy (non-hydrogen) atoms. The second kappa shape index (κ2) is 5.35. The lowest BCUT2D eigenvalue weighted by molar-refractivity contribution is 0.0392. The molecule has 2 aliphatic heterocycles. The van der Waals surface area contributed by atoms with Crippen LogP contribution in [0.25, 0.3) is 0 Å². The standard InChI is InChI=1S/C11H20N4O2/c12-10(13)9-3-1-2-4-15(9)11(16)14-5-7-17-8-6-14/h9H,1-8H2,(H3,12,13). The summed E-state index contributed by atoms with van der Waals surface area (Å²) in [5.41, 5.74) is 5.57. The van der Waals surface area contributed by atoms with Crippen molar-refractivity contribution < 1.29 is 9.53 Å². The van der Waals surface area contributed by atoms with E-state index in [-0.39, 0.29) is 17.9 Å². The highest BCUT2D eigenvalue weighted by Crippen LogP contribution is 2.19. The SMILES string of the molecule is N=C(N)C1CCCCN1C(=O)N1CCOCC1. The first-order valence-electron chi connectivity index (χ1n) is 6.17. The fraction of sp³-hybridized carbons (Fsp3) is 0.818. The van der Waals surface area contributed by atoms with Crippen LogP contribution < -0.4 is 5.73 Å². The topological polar surface area (TPSA) is 82.7 Å². The van der Waals surface area contributed by atoms with Crippen molar-refractivity contribution >= 4 is 11.9 Å². The Morgan fingerprint density at radius 3 is 2.59 bits per heavy atom. The normalized spacial score (nSPS) is 25.8. The third-order valence-electron chi connectivity index (χ3n) is 3.39. The number of amidine groups is 1. The zero-order chi connectivity index (χ0) is 12.3. The van der Waals surface area contributed by atoms with E-state index >= 15 is 0 Å². The minimum absolute atomic E-state index is 0.00759. The number of carbonyl (C=O) groups excluding carboxylic acids is 1. The molecule has 0 aromatic rings. The lowest BCUT2D eigenvalue weighted by Gasteiger charge is -2.39. The lowest BCUT2D eigenvalue weighted by Crippen LogP contribution is -2.56. The second-order valence-electron chi connectivity index (χ2n) is 4.54. The van der Waals surface area contributed by atoms with Crippen LogP contribution in [0.2, 0.25) is 0 Å². The van der Waals surface area contributed by atoms with Crippen LogP contribution in [0, 0.1) is 5.41 Å². The van der Waals surface area contributed by atoms with Gasteiger partial charge in [-0.25, -0.2) is 4.79 Å². The molecule has 2 aliphatic rings. The van der Waals surface area contributed by atoms with Crippen molar-refractivity contribution in [2.24, 2.45) is 5.73 Å². The predicted molar refractivity (Wildman–Crippen MR) is 64.0 cm³/mol. The van der Waals surface area contributed by atoms with E-state index in [2.05, 4.69) is 0 Å². The molecule has 0 spiro atoms. The monoisotopic (exact) mass is 240 g/mol. The van der Waals surface area contributed by atoms with Crippen LogP contribution in [0.3, 0.4) is 0 Å². The summed E-state index contributed by atoms with van der Waals surface area (Å²) in [5, 5.41) is 7.57. The number of rotatable bonds is 1. The Hall–Kier alpha value is -1.30. The molecule has 6 heteroatoms. The Balaban J connectivity index is 2.02. The number of ether oxygens (including phenoxy) is 1. The summed E-state index contributed by atoms with van der Waals surface area (Å²) in [4.78, 5) is 15.9. The molecule has 0 saturated carbocycles. The molecular formula is C11H20N4O2. The summed E-state index contributed by atoms with van der Waals surface area (Å²) >= 11 is 0.